The third-order valence-corrected chi connectivity index (χ3v) is 6.12. The van der Waals surface area contributed by atoms with E-state index in [4.69, 9.17) is 15.2 Å². The van der Waals surface area contributed by atoms with Crippen molar-refractivity contribution in [1.29, 1.82) is 5.26 Å². The number of pyridine rings is 1. The number of thioether (sulfide) groups is 1. The highest BCUT2D eigenvalue weighted by Gasteiger charge is 2.29. The van der Waals surface area contributed by atoms with Crippen LogP contribution in [0.1, 0.15) is 11.1 Å². The molecule has 2 N–H and O–H groups in total. The topological polar surface area (TPSA) is 72.2 Å². The zero-order valence-corrected chi connectivity index (χ0v) is 16.2. The molecule has 28 heavy (non-hydrogen) atoms. The van der Waals surface area contributed by atoms with Crippen LogP contribution in [0.15, 0.2) is 47.4 Å². The van der Waals surface area contributed by atoms with Gasteiger partial charge in [0.05, 0.1) is 6.54 Å². The molecule has 0 radical (unpaired) electrons. The molecule has 0 saturated heterocycles. The fourth-order valence-corrected chi connectivity index (χ4v) is 4.34. The first kappa shape index (κ1) is 17.0. The number of benzene rings is 2. The van der Waals surface area contributed by atoms with E-state index in [0.29, 0.717) is 11.4 Å². The fraction of sp³-hybridized carbons (Fsp3) is 0.182. The summed E-state index contributed by atoms with van der Waals surface area (Å²) >= 11 is 1.69. The smallest absolute Gasteiger partial charge is 0.291 e. The molecule has 0 atom stereocenters. The number of aryl methyl sites for hydroxylation is 1. The van der Waals surface area contributed by atoms with E-state index >= 15 is 0 Å². The zero-order chi connectivity index (χ0) is 19.3. The summed E-state index contributed by atoms with van der Waals surface area (Å²) in [5, 5.41) is 9.80. The minimum absolute atomic E-state index is 0.251. The first-order chi connectivity index (χ1) is 13.7. The van der Waals surface area contributed by atoms with Gasteiger partial charge in [0.2, 0.25) is 6.79 Å². The molecule has 2 aromatic carbocycles. The van der Waals surface area contributed by atoms with Crippen molar-refractivity contribution in [2.24, 2.45) is 0 Å². The van der Waals surface area contributed by atoms with Crippen LogP contribution in [0.2, 0.25) is 0 Å². The Kier molecular flexibility index (Phi) is 3.92. The third-order valence-electron chi connectivity index (χ3n) is 5.38. The number of aromatic nitrogens is 1. The van der Waals surface area contributed by atoms with E-state index in [2.05, 4.69) is 30.3 Å². The fourth-order valence-electron chi connectivity index (χ4n) is 3.93. The molecule has 0 fully saturated rings. The maximum atomic E-state index is 9.80. The summed E-state index contributed by atoms with van der Waals surface area (Å²) in [6, 6.07) is 16.7. The zero-order valence-electron chi connectivity index (χ0n) is 15.4. The summed E-state index contributed by atoms with van der Waals surface area (Å²) in [6.07, 6.45) is 2.88. The highest BCUT2D eigenvalue weighted by atomic mass is 32.2. The Labute approximate surface area is 167 Å². The van der Waals surface area contributed by atoms with Gasteiger partial charge >= 0.3 is 0 Å². The largest absolute Gasteiger partial charge is 0.454 e. The van der Waals surface area contributed by atoms with Crippen LogP contribution in [0.25, 0.3) is 22.4 Å². The Morgan fingerprint density at radius 1 is 1.07 bits per heavy atom. The minimum atomic E-state index is 0.251. The van der Waals surface area contributed by atoms with Gasteiger partial charge in [-0.05, 0) is 47.7 Å². The van der Waals surface area contributed by atoms with E-state index in [1.165, 1.54) is 10.5 Å². The number of hydrogen-bond acceptors (Lipinski definition) is 5. The van der Waals surface area contributed by atoms with Gasteiger partial charge in [0, 0.05) is 22.4 Å². The molecule has 5 rings (SSSR count). The van der Waals surface area contributed by atoms with Gasteiger partial charge in [0.25, 0.3) is 5.82 Å². The molecule has 0 unspecified atom stereocenters. The van der Waals surface area contributed by atoms with Crippen molar-refractivity contribution in [2.45, 2.75) is 17.9 Å². The number of fused-ring (bicyclic) bond motifs is 4. The Balaban J connectivity index is 1.74. The maximum absolute atomic E-state index is 9.80. The highest BCUT2D eigenvalue weighted by Crippen LogP contribution is 2.41. The number of hydrogen-bond donors (Lipinski definition) is 1. The molecule has 2 aliphatic heterocycles. The van der Waals surface area contributed by atoms with Gasteiger partial charge in [0.1, 0.15) is 17.3 Å². The van der Waals surface area contributed by atoms with Crippen LogP contribution in [-0.2, 0) is 13.0 Å². The molecule has 6 heteroatoms. The van der Waals surface area contributed by atoms with Crippen molar-refractivity contribution in [3.63, 3.8) is 0 Å². The number of anilines is 1. The Morgan fingerprint density at radius 3 is 2.54 bits per heavy atom. The SMILES string of the molecule is CSc1ccc(-c2cc3[n+](c(N)c2C#N)CCc2cc4c(cc2-3)OCO4)cc1. The van der Waals surface area contributed by atoms with Crippen LogP contribution in [0.5, 0.6) is 11.5 Å². The van der Waals surface area contributed by atoms with Crippen LogP contribution >= 0.6 is 11.8 Å². The molecular weight excluding hydrogens is 370 g/mol. The number of nitrogen functional groups attached to an aromatic ring is 1. The van der Waals surface area contributed by atoms with Crippen LogP contribution in [0, 0.1) is 11.3 Å². The Bertz CT molecular complexity index is 1150. The van der Waals surface area contributed by atoms with Crippen molar-refractivity contribution in [3.8, 4) is 40.0 Å². The quantitative estimate of drug-likeness (QED) is 0.534. The number of rotatable bonds is 2. The second-order valence-electron chi connectivity index (χ2n) is 6.81. The summed E-state index contributed by atoms with van der Waals surface area (Å²) < 4.78 is 13.1. The van der Waals surface area contributed by atoms with Crippen LogP contribution in [-0.4, -0.2) is 13.0 Å². The highest BCUT2D eigenvalue weighted by molar-refractivity contribution is 7.98. The predicted molar refractivity (Wildman–Crippen MR) is 108 cm³/mol. The Morgan fingerprint density at radius 2 is 1.82 bits per heavy atom. The first-order valence-corrected chi connectivity index (χ1v) is 10.3. The lowest BCUT2D eigenvalue weighted by Crippen LogP contribution is -2.43. The van der Waals surface area contributed by atoms with E-state index in [9.17, 15) is 5.26 Å². The van der Waals surface area contributed by atoms with E-state index in [1.54, 1.807) is 11.8 Å². The molecule has 0 spiro atoms. The van der Waals surface area contributed by atoms with E-state index < -0.39 is 0 Å². The van der Waals surface area contributed by atoms with Crippen molar-refractivity contribution in [3.05, 3.63) is 53.6 Å². The molecule has 0 saturated carbocycles. The first-order valence-electron chi connectivity index (χ1n) is 9.03. The van der Waals surface area contributed by atoms with Gasteiger partial charge in [-0.3, -0.25) is 5.73 Å². The van der Waals surface area contributed by atoms with E-state index in [0.717, 1.165) is 46.8 Å². The lowest BCUT2D eigenvalue weighted by atomic mass is 9.92. The molecule has 3 heterocycles. The maximum Gasteiger partial charge on any atom is 0.291 e. The normalized spacial score (nSPS) is 13.6. The molecular formula is C22H18N3O2S+. The van der Waals surface area contributed by atoms with E-state index in [-0.39, 0.29) is 6.79 Å². The van der Waals surface area contributed by atoms with Crippen LogP contribution in [0.4, 0.5) is 5.82 Å². The summed E-state index contributed by atoms with van der Waals surface area (Å²) in [6.45, 7) is 0.981. The predicted octanol–water partition coefficient (Wildman–Crippen LogP) is 3.77. The van der Waals surface area contributed by atoms with Gasteiger partial charge in [-0.1, -0.05) is 12.1 Å². The second kappa shape index (κ2) is 6.47. The molecule has 5 nitrogen and oxygen atoms in total. The average Bonchev–Trinajstić information content (AvgIpc) is 3.19. The number of nitrogens with two attached hydrogens (primary N) is 1. The standard InChI is InChI=1S/C22H17N3O2S/c1-28-15-4-2-13(3-5-15)16-9-19-17-10-21-20(26-12-27-21)8-14(17)6-7-25(19)22(24)18(16)11-23/h2-5,8-10,24H,6-7,12H2,1H3/p+1. The average molecular weight is 388 g/mol. The number of ether oxygens (including phenoxy) is 2. The molecule has 0 bridgehead atoms. The van der Waals surface area contributed by atoms with Gasteiger partial charge in [0.15, 0.2) is 11.5 Å². The molecule has 3 aromatic rings. The van der Waals surface area contributed by atoms with Crippen molar-refractivity contribution in [1.82, 2.24) is 0 Å². The molecule has 1 aromatic heterocycles. The lowest BCUT2D eigenvalue weighted by molar-refractivity contribution is -0.673. The molecule has 138 valence electrons. The minimum Gasteiger partial charge on any atom is -0.454 e. The second-order valence-corrected chi connectivity index (χ2v) is 7.69. The van der Waals surface area contributed by atoms with Gasteiger partial charge in [-0.15, -0.1) is 11.8 Å². The van der Waals surface area contributed by atoms with Crippen LogP contribution < -0.4 is 19.8 Å². The van der Waals surface area contributed by atoms with Gasteiger partial charge < -0.3 is 9.47 Å². The summed E-state index contributed by atoms with van der Waals surface area (Å²) in [5.41, 5.74) is 12.1. The molecule has 0 amide bonds. The number of nitrogens with zero attached hydrogens (tertiary/aromatic N) is 2. The van der Waals surface area contributed by atoms with Crippen molar-refractivity contribution in [2.75, 3.05) is 18.8 Å². The molecule has 2 aliphatic rings. The monoisotopic (exact) mass is 388 g/mol. The summed E-state index contributed by atoms with van der Waals surface area (Å²) in [5.74, 6) is 2.05. The summed E-state index contributed by atoms with van der Waals surface area (Å²) in [7, 11) is 0. The molecule has 0 aliphatic carbocycles. The van der Waals surface area contributed by atoms with Gasteiger partial charge in [-0.25, -0.2) is 4.57 Å². The van der Waals surface area contributed by atoms with Crippen molar-refractivity contribution >= 4 is 17.6 Å². The summed E-state index contributed by atoms with van der Waals surface area (Å²) in [4.78, 5) is 1.18. The van der Waals surface area contributed by atoms with E-state index in [1.807, 2.05) is 29.0 Å². The van der Waals surface area contributed by atoms with Crippen molar-refractivity contribution < 1.29 is 14.0 Å². The van der Waals surface area contributed by atoms with Gasteiger partial charge in [-0.2, -0.15) is 5.26 Å². The lowest BCUT2D eigenvalue weighted by Gasteiger charge is -2.21. The van der Waals surface area contributed by atoms with Crippen LogP contribution in [0.3, 0.4) is 0 Å². The third kappa shape index (κ3) is 2.51. The Hall–Kier alpha value is -3.17. The number of nitriles is 1.